The predicted molar refractivity (Wildman–Crippen MR) is 105 cm³/mol. The van der Waals surface area contributed by atoms with Gasteiger partial charge in [0.05, 0.1) is 16.0 Å². The first kappa shape index (κ1) is 21.8. The highest BCUT2D eigenvalue weighted by molar-refractivity contribution is 7.89. The van der Waals surface area contributed by atoms with Crippen molar-refractivity contribution in [3.05, 3.63) is 99.9 Å². The van der Waals surface area contributed by atoms with Crippen LogP contribution in [0.15, 0.2) is 65.6 Å². The minimum Gasteiger partial charge on any atom is -0.289 e. The number of alkyl halides is 3. The molecule has 1 aliphatic rings. The summed E-state index contributed by atoms with van der Waals surface area (Å²) in [5.74, 6) is -2.41. The summed E-state index contributed by atoms with van der Waals surface area (Å²) in [5, 5.41) is 0. The fourth-order valence-electron chi connectivity index (χ4n) is 3.45. The van der Waals surface area contributed by atoms with E-state index in [1.807, 2.05) is 0 Å². The number of nitrogens with one attached hydrogen (secondary N) is 1. The summed E-state index contributed by atoms with van der Waals surface area (Å²) in [5.41, 5.74) is -1.71. The Kier molecular flexibility index (Phi) is 5.22. The van der Waals surface area contributed by atoms with E-state index < -0.39 is 50.6 Å². The quantitative estimate of drug-likeness (QED) is 0.462. The fraction of sp³-hybridized carbons (Fsp3) is 0.0909. The number of carbonyl (C=O) groups is 2. The Morgan fingerprint density at radius 2 is 1.44 bits per heavy atom. The van der Waals surface area contributed by atoms with Gasteiger partial charge in [0.15, 0.2) is 11.6 Å². The van der Waals surface area contributed by atoms with Gasteiger partial charge in [-0.1, -0.05) is 42.5 Å². The van der Waals surface area contributed by atoms with Crippen LogP contribution in [0.1, 0.15) is 43.0 Å². The van der Waals surface area contributed by atoms with Crippen molar-refractivity contribution in [1.29, 1.82) is 0 Å². The highest BCUT2D eigenvalue weighted by atomic mass is 32.2. The molecule has 0 radical (unpaired) electrons. The van der Waals surface area contributed by atoms with Crippen LogP contribution in [0, 0.1) is 5.82 Å². The third-order valence-electron chi connectivity index (χ3n) is 5.04. The van der Waals surface area contributed by atoms with Gasteiger partial charge in [-0.15, -0.1) is 0 Å². The molecule has 0 atom stereocenters. The molecular weight excluding hydrogens is 450 g/mol. The molecule has 10 heteroatoms. The number of halogens is 4. The summed E-state index contributed by atoms with van der Waals surface area (Å²) in [6.07, 6.45) is -4.74. The Balaban J connectivity index is 1.68. The number of ketones is 2. The lowest BCUT2D eigenvalue weighted by atomic mass is 9.84. The zero-order valence-electron chi connectivity index (χ0n) is 16.0. The molecule has 5 nitrogen and oxygen atoms in total. The second kappa shape index (κ2) is 7.64. The molecule has 0 spiro atoms. The van der Waals surface area contributed by atoms with Crippen LogP contribution < -0.4 is 4.72 Å². The van der Waals surface area contributed by atoms with Crippen LogP contribution in [0.2, 0.25) is 0 Å². The van der Waals surface area contributed by atoms with Gasteiger partial charge in [-0.3, -0.25) is 9.59 Å². The van der Waals surface area contributed by atoms with Crippen molar-refractivity contribution < 1.29 is 35.6 Å². The summed E-state index contributed by atoms with van der Waals surface area (Å²) in [6.45, 7) is -0.658. The summed E-state index contributed by atoms with van der Waals surface area (Å²) >= 11 is 0. The van der Waals surface area contributed by atoms with Gasteiger partial charge in [0.1, 0.15) is 5.82 Å². The second-order valence-electron chi connectivity index (χ2n) is 7.01. The SMILES string of the molecule is O=C1c2ccccc2C(=O)c2c1cccc2S(=O)(=O)NCc1ccc(C(F)(F)F)cc1F. The molecular formula is C22H13F4NO4S. The van der Waals surface area contributed by atoms with Crippen molar-refractivity contribution in [2.24, 2.45) is 0 Å². The number of hydrogen-bond donors (Lipinski definition) is 1. The summed E-state index contributed by atoms with van der Waals surface area (Å²) in [6, 6.07) is 11.5. The lowest BCUT2D eigenvalue weighted by Crippen LogP contribution is -2.29. The van der Waals surface area contributed by atoms with Crippen LogP contribution in [-0.4, -0.2) is 20.0 Å². The minimum atomic E-state index is -4.74. The molecule has 0 aromatic heterocycles. The highest BCUT2D eigenvalue weighted by Gasteiger charge is 2.35. The van der Waals surface area contributed by atoms with Crippen LogP contribution in [0.3, 0.4) is 0 Å². The predicted octanol–water partition coefficient (Wildman–Crippen LogP) is 4.10. The van der Waals surface area contributed by atoms with Gasteiger partial charge < -0.3 is 0 Å². The van der Waals surface area contributed by atoms with E-state index >= 15 is 0 Å². The molecule has 0 aliphatic heterocycles. The molecule has 4 rings (SSSR count). The van der Waals surface area contributed by atoms with E-state index in [9.17, 15) is 35.6 Å². The molecule has 0 amide bonds. The van der Waals surface area contributed by atoms with Gasteiger partial charge >= 0.3 is 6.18 Å². The third-order valence-corrected chi connectivity index (χ3v) is 6.48. The normalized spacial score (nSPS) is 13.6. The van der Waals surface area contributed by atoms with Crippen LogP contribution in [0.4, 0.5) is 17.6 Å². The molecule has 1 N–H and O–H groups in total. The first-order valence-electron chi connectivity index (χ1n) is 9.17. The smallest absolute Gasteiger partial charge is 0.289 e. The summed E-state index contributed by atoms with van der Waals surface area (Å²) < 4.78 is 80.0. The number of benzene rings is 3. The number of sulfonamides is 1. The van der Waals surface area contributed by atoms with E-state index in [1.165, 1.54) is 30.3 Å². The van der Waals surface area contributed by atoms with Crippen LogP contribution in [-0.2, 0) is 22.7 Å². The highest BCUT2D eigenvalue weighted by Crippen LogP contribution is 2.32. The number of carbonyl (C=O) groups excluding carboxylic acids is 2. The molecule has 164 valence electrons. The maximum absolute atomic E-state index is 14.1. The lowest BCUT2D eigenvalue weighted by Gasteiger charge is -2.20. The molecule has 1 aliphatic carbocycles. The molecule has 32 heavy (non-hydrogen) atoms. The van der Waals surface area contributed by atoms with Gasteiger partial charge in [0.25, 0.3) is 0 Å². The first-order valence-corrected chi connectivity index (χ1v) is 10.7. The number of rotatable bonds is 4. The average Bonchev–Trinajstić information content (AvgIpc) is 2.75. The van der Waals surface area contributed by atoms with Crippen LogP contribution in [0.5, 0.6) is 0 Å². The average molecular weight is 463 g/mol. The van der Waals surface area contributed by atoms with E-state index in [0.717, 1.165) is 12.1 Å². The zero-order chi connectivity index (χ0) is 23.3. The molecule has 0 saturated carbocycles. The van der Waals surface area contributed by atoms with Crippen molar-refractivity contribution in [3.63, 3.8) is 0 Å². The summed E-state index contributed by atoms with van der Waals surface area (Å²) in [4.78, 5) is 25.3. The fourth-order valence-corrected chi connectivity index (χ4v) is 4.69. The first-order chi connectivity index (χ1) is 15.0. The Bertz CT molecular complexity index is 1380. The van der Waals surface area contributed by atoms with E-state index in [1.54, 1.807) is 6.07 Å². The number of fused-ring (bicyclic) bond motifs is 2. The zero-order valence-corrected chi connectivity index (χ0v) is 16.9. The van der Waals surface area contributed by atoms with Crippen molar-refractivity contribution in [1.82, 2.24) is 4.72 Å². The Morgan fingerprint density at radius 3 is 2.06 bits per heavy atom. The van der Waals surface area contributed by atoms with Gasteiger partial charge in [-0.2, -0.15) is 13.2 Å². The Labute approximate surface area is 179 Å². The van der Waals surface area contributed by atoms with Crippen molar-refractivity contribution in [2.45, 2.75) is 17.6 Å². The molecule has 3 aromatic carbocycles. The molecule has 0 fully saturated rings. The third kappa shape index (κ3) is 3.71. The Hall–Kier alpha value is -3.37. The standard InChI is InChI=1S/C22H13F4NO4S/c23-17-10-13(22(24,25)26)9-8-12(17)11-27-32(30,31)18-7-3-6-16-19(18)21(29)15-5-2-1-4-14(15)20(16)28/h1-10,27H,11H2. The second-order valence-corrected chi connectivity index (χ2v) is 8.75. The van der Waals surface area contributed by atoms with Crippen molar-refractivity contribution >= 4 is 21.6 Å². The van der Waals surface area contributed by atoms with Gasteiger partial charge in [-0.25, -0.2) is 17.5 Å². The molecule has 0 unspecified atom stereocenters. The van der Waals surface area contributed by atoms with E-state index in [4.69, 9.17) is 0 Å². The van der Waals surface area contributed by atoms with Gasteiger partial charge in [0, 0.05) is 28.8 Å². The summed E-state index contributed by atoms with van der Waals surface area (Å²) in [7, 11) is -4.43. The molecule has 0 bridgehead atoms. The monoisotopic (exact) mass is 463 g/mol. The van der Waals surface area contributed by atoms with Gasteiger partial charge in [0.2, 0.25) is 10.0 Å². The molecule has 0 saturated heterocycles. The maximum atomic E-state index is 14.1. The lowest BCUT2D eigenvalue weighted by molar-refractivity contribution is -0.137. The molecule has 0 heterocycles. The Morgan fingerprint density at radius 1 is 0.812 bits per heavy atom. The van der Waals surface area contributed by atoms with Crippen LogP contribution in [0.25, 0.3) is 0 Å². The van der Waals surface area contributed by atoms with E-state index in [2.05, 4.69) is 4.72 Å². The van der Waals surface area contributed by atoms with Crippen molar-refractivity contribution in [2.75, 3.05) is 0 Å². The number of hydrogen-bond acceptors (Lipinski definition) is 4. The van der Waals surface area contributed by atoms with Crippen LogP contribution >= 0.6 is 0 Å². The molecule has 3 aromatic rings. The maximum Gasteiger partial charge on any atom is 0.416 e. The van der Waals surface area contributed by atoms with Crippen molar-refractivity contribution in [3.8, 4) is 0 Å². The topological polar surface area (TPSA) is 80.3 Å². The largest absolute Gasteiger partial charge is 0.416 e. The minimum absolute atomic E-state index is 0.0569. The van der Waals surface area contributed by atoms with E-state index in [0.29, 0.717) is 6.07 Å². The van der Waals surface area contributed by atoms with Gasteiger partial charge in [-0.05, 0) is 18.2 Å². The van der Waals surface area contributed by atoms with E-state index in [-0.39, 0.29) is 33.9 Å².